The van der Waals surface area contributed by atoms with E-state index in [1.807, 2.05) is 6.92 Å². The third-order valence-electron chi connectivity index (χ3n) is 6.11. The Balaban J connectivity index is 2.18. The smallest absolute Gasteiger partial charge is 0.307 e. The third-order valence-corrected chi connectivity index (χ3v) is 9.46. The van der Waals surface area contributed by atoms with E-state index in [1.54, 1.807) is 11.8 Å². The highest BCUT2D eigenvalue weighted by molar-refractivity contribution is 8.04. The summed E-state index contributed by atoms with van der Waals surface area (Å²) in [6.45, 7) is 3.41. The number of carbonyl (C=O) groups is 6. The second-order valence-electron chi connectivity index (χ2n) is 9.30. The molecule has 1 aliphatic rings. The molecule has 1 saturated carbocycles. The number of hydrogen-bond donors (Lipinski definition) is 2. The minimum absolute atomic E-state index is 0.0203. The van der Waals surface area contributed by atoms with E-state index >= 15 is 0 Å². The maximum Gasteiger partial charge on any atom is 0.307 e. The van der Waals surface area contributed by atoms with E-state index in [4.69, 9.17) is 14.2 Å². The first kappa shape index (κ1) is 34.9. The first-order chi connectivity index (χ1) is 18.5. The molecule has 0 bridgehead atoms. The summed E-state index contributed by atoms with van der Waals surface area (Å²) in [6.07, 6.45) is 2.20. The van der Waals surface area contributed by atoms with E-state index in [-0.39, 0.29) is 87.0 Å². The van der Waals surface area contributed by atoms with Crippen LogP contribution in [-0.4, -0.2) is 94.1 Å². The molecule has 0 aromatic heterocycles. The number of rotatable bonds is 23. The Hall–Kier alpha value is -2.12. The summed E-state index contributed by atoms with van der Waals surface area (Å²) in [5, 5.41) is 19.3. The van der Waals surface area contributed by atoms with Crippen molar-refractivity contribution in [1.82, 2.24) is 0 Å². The van der Waals surface area contributed by atoms with Gasteiger partial charge in [0.15, 0.2) is 0 Å². The topological polar surface area (TPSA) is 171 Å². The molecular weight excluding hydrogens is 552 g/mol. The second kappa shape index (κ2) is 19.9. The molecule has 4 atom stereocenters. The summed E-state index contributed by atoms with van der Waals surface area (Å²) < 4.78 is 15.1. The normalized spacial score (nSPS) is 17.9. The molecule has 1 aliphatic carbocycles. The van der Waals surface area contributed by atoms with Gasteiger partial charge in [0.2, 0.25) is 0 Å². The summed E-state index contributed by atoms with van der Waals surface area (Å²) >= 11 is 3.14. The molecule has 1 fully saturated rings. The molecule has 2 N–H and O–H groups in total. The summed E-state index contributed by atoms with van der Waals surface area (Å²) in [4.78, 5) is 69.2. The number of aliphatic carboxylic acids is 2. The van der Waals surface area contributed by atoms with Gasteiger partial charge in [-0.2, -0.15) is 23.5 Å². The molecule has 39 heavy (non-hydrogen) atoms. The molecule has 11 nitrogen and oxygen atoms in total. The molecule has 0 heterocycles. The van der Waals surface area contributed by atoms with Crippen LogP contribution in [0.4, 0.5) is 0 Å². The van der Waals surface area contributed by atoms with E-state index in [2.05, 4.69) is 0 Å². The number of hydrogen-bond acceptors (Lipinski definition) is 11. The predicted octanol–water partition coefficient (Wildman–Crippen LogP) is 3.01. The zero-order valence-corrected chi connectivity index (χ0v) is 24.2. The van der Waals surface area contributed by atoms with Gasteiger partial charge >= 0.3 is 23.9 Å². The molecule has 0 saturated heterocycles. The van der Waals surface area contributed by atoms with Crippen molar-refractivity contribution in [3.63, 3.8) is 0 Å². The molecule has 222 valence electrons. The lowest BCUT2D eigenvalue weighted by atomic mass is 9.99. The van der Waals surface area contributed by atoms with Crippen molar-refractivity contribution in [3.8, 4) is 0 Å². The number of ether oxygens (including phenoxy) is 3. The van der Waals surface area contributed by atoms with Crippen LogP contribution in [0.5, 0.6) is 0 Å². The van der Waals surface area contributed by atoms with Crippen molar-refractivity contribution in [3.05, 3.63) is 0 Å². The average Bonchev–Trinajstić information content (AvgIpc) is 2.86. The van der Waals surface area contributed by atoms with Crippen molar-refractivity contribution in [2.45, 2.75) is 75.7 Å². The zero-order chi connectivity index (χ0) is 29.2. The van der Waals surface area contributed by atoms with Gasteiger partial charge in [-0.1, -0.05) is 6.92 Å². The van der Waals surface area contributed by atoms with Crippen LogP contribution in [0.25, 0.3) is 0 Å². The van der Waals surface area contributed by atoms with Crippen molar-refractivity contribution in [2.75, 3.05) is 37.9 Å². The van der Waals surface area contributed by atoms with Crippen molar-refractivity contribution < 1.29 is 53.2 Å². The monoisotopic (exact) mass is 592 g/mol. The van der Waals surface area contributed by atoms with Crippen LogP contribution < -0.4 is 0 Å². The molecular formula is C26H40O11S2. The zero-order valence-electron chi connectivity index (χ0n) is 22.6. The van der Waals surface area contributed by atoms with E-state index < -0.39 is 29.8 Å². The van der Waals surface area contributed by atoms with Gasteiger partial charge in [0.1, 0.15) is 24.8 Å². The lowest BCUT2D eigenvalue weighted by molar-refractivity contribution is -0.148. The lowest BCUT2D eigenvalue weighted by Gasteiger charge is -2.36. The lowest BCUT2D eigenvalue weighted by Crippen LogP contribution is -2.34. The fourth-order valence-corrected chi connectivity index (χ4v) is 6.83. The fourth-order valence-electron chi connectivity index (χ4n) is 3.45. The minimum Gasteiger partial charge on any atom is -0.481 e. The highest BCUT2D eigenvalue weighted by Gasteiger charge is 2.34. The first-order valence-electron chi connectivity index (χ1n) is 13.1. The van der Waals surface area contributed by atoms with Crippen LogP contribution in [-0.2, 0) is 43.0 Å². The standard InChI is InChI=1S/C26H40O11S2/c1-3-18(25(31)32)15-38-21-6-7-22(21)39-16-19(26(33)34)14-20(28)5-9-24(30)37-13-11-35-10-12-36-23(29)8-4-17(2)27/h18-19,21-22H,3-16H2,1-2H3,(H,31,32)(H,33,34). The Morgan fingerprint density at radius 2 is 1.23 bits per heavy atom. The second-order valence-corrected chi connectivity index (χ2v) is 11.8. The molecule has 13 heteroatoms. The van der Waals surface area contributed by atoms with Crippen molar-refractivity contribution in [1.29, 1.82) is 0 Å². The fraction of sp³-hybridized carbons (Fsp3) is 0.769. The number of carbonyl (C=O) groups excluding carboxylic acids is 4. The molecule has 0 amide bonds. The van der Waals surface area contributed by atoms with Gasteiger partial charge in [0.25, 0.3) is 0 Å². The van der Waals surface area contributed by atoms with Crippen LogP contribution in [0.3, 0.4) is 0 Å². The molecule has 0 spiro atoms. The van der Waals surface area contributed by atoms with Crippen LogP contribution >= 0.6 is 23.5 Å². The molecule has 0 aromatic carbocycles. The van der Waals surface area contributed by atoms with E-state index in [9.17, 15) is 39.0 Å². The molecule has 0 radical (unpaired) electrons. The summed E-state index contributed by atoms with van der Waals surface area (Å²) in [7, 11) is 0. The van der Waals surface area contributed by atoms with Crippen molar-refractivity contribution >= 4 is 59.0 Å². The number of ketones is 2. The number of Topliss-reactive ketones (excluding diaryl/α,β-unsaturated/α-hetero) is 2. The highest BCUT2D eigenvalue weighted by atomic mass is 32.2. The van der Waals surface area contributed by atoms with Gasteiger partial charge in [0.05, 0.1) is 37.9 Å². The average molecular weight is 593 g/mol. The Bertz CT molecular complexity index is 833. The SMILES string of the molecule is CCC(CSC1CCC1SCC(CC(=O)CCC(=O)OCCOCCOC(=O)CCC(C)=O)C(=O)O)C(=O)O. The van der Waals surface area contributed by atoms with Crippen LogP contribution in [0, 0.1) is 11.8 Å². The summed E-state index contributed by atoms with van der Waals surface area (Å²) in [6, 6.07) is 0. The predicted molar refractivity (Wildman–Crippen MR) is 146 cm³/mol. The van der Waals surface area contributed by atoms with Crippen LogP contribution in [0.15, 0.2) is 0 Å². The minimum atomic E-state index is -1.06. The molecule has 1 rings (SSSR count). The Labute approximate surface area is 237 Å². The highest BCUT2D eigenvalue weighted by Crippen LogP contribution is 2.41. The van der Waals surface area contributed by atoms with Crippen LogP contribution in [0.1, 0.15) is 65.2 Å². The van der Waals surface area contributed by atoms with E-state index in [0.717, 1.165) is 12.8 Å². The first-order valence-corrected chi connectivity index (χ1v) is 15.2. The quantitative estimate of drug-likeness (QED) is 0.131. The van der Waals surface area contributed by atoms with Crippen molar-refractivity contribution in [2.24, 2.45) is 11.8 Å². The Morgan fingerprint density at radius 1 is 0.744 bits per heavy atom. The Kier molecular flexibility index (Phi) is 17.8. The van der Waals surface area contributed by atoms with Gasteiger partial charge in [0, 0.05) is 41.3 Å². The van der Waals surface area contributed by atoms with E-state index in [0.29, 0.717) is 17.4 Å². The molecule has 0 aliphatic heterocycles. The van der Waals surface area contributed by atoms with Gasteiger partial charge in [-0.25, -0.2) is 0 Å². The maximum absolute atomic E-state index is 12.3. The van der Waals surface area contributed by atoms with Crippen LogP contribution in [0.2, 0.25) is 0 Å². The van der Waals surface area contributed by atoms with Gasteiger partial charge in [-0.3, -0.25) is 24.0 Å². The largest absolute Gasteiger partial charge is 0.481 e. The Morgan fingerprint density at radius 3 is 1.67 bits per heavy atom. The number of thioether (sulfide) groups is 2. The maximum atomic E-state index is 12.3. The summed E-state index contributed by atoms with van der Waals surface area (Å²) in [5.74, 6) is -3.76. The number of carboxylic acids is 2. The number of carboxylic acid groups (broad SMARTS) is 2. The molecule has 0 aromatic rings. The third kappa shape index (κ3) is 15.9. The van der Waals surface area contributed by atoms with Gasteiger partial charge < -0.3 is 29.2 Å². The van der Waals surface area contributed by atoms with Gasteiger partial charge in [-0.05, 0) is 26.2 Å². The molecule has 4 unspecified atom stereocenters. The number of esters is 2. The summed E-state index contributed by atoms with van der Waals surface area (Å²) in [5.41, 5.74) is 0. The van der Waals surface area contributed by atoms with E-state index in [1.165, 1.54) is 18.7 Å². The van der Waals surface area contributed by atoms with Gasteiger partial charge in [-0.15, -0.1) is 0 Å².